The van der Waals surface area contributed by atoms with Crippen LogP contribution in [0.5, 0.6) is 0 Å². The molecule has 0 saturated carbocycles. The molecule has 306 valence electrons. The molecule has 0 spiro atoms. The average molecular weight is 912 g/mol. The van der Waals surface area contributed by atoms with Gasteiger partial charge in [0.1, 0.15) is 29.4 Å². The van der Waals surface area contributed by atoms with E-state index in [4.69, 9.17) is 61.4 Å². The number of thioether (sulfide) groups is 1. The van der Waals surface area contributed by atoms with Crippen molar-refractivity contribution in [3.63, 3.8) is 0 Å². The number of nitrogens with two attached hydrogens (primary N) is 2. The molecule has 1 aliphatic heterocycles. The van der Waals surface area contributed by atoms with Crippen molar-refractivity contribution in [3.05, 3.63) is 81.5 Å². The van der Waals surface area contributed by atoms with Crippen molar-refractivity contribution in [1.82, 2.24) is 19.1 Å². The highest BCUT2D eigenvalue weighted by Gasteiger charge is 2.33. The Morgan fingerprint density at radius 3 is 2.21 bits per heavy atom. The van der Waals surface area contributed by atoms with Gasteiger partial charge in [0.05, 0.1) is 31.3 Å². The molecule has 0 aliphatic carbocycles. The molecule has 2 unspecified atom stereocenters. The van der Waals surface area contributed by atoms with Gasteiger partial charge in [-0.05, 0) is 54.9 Å². The van der Waals surface area contributed by atoms with Crippen molar-refractivity contribution in [2.24, 2.45) is 10.7 Å². The number of fused-ring (bicyclic) bond motifs is 1. The first-order chi connectivity index (χ1) is 25.9. The third kappa shape index (κ3) is 12.8. The molecular formula is C29H30Cl3F4N8O9PS2. The van der Waals surface area contributed by atoms with Gasteiger partial charge >= 0.3 is 28.7 Å². The summed E-state index contributed by atoms with van der Waals surface area (Å²) in [5.41, 5.74) is 8.91. The lowest BCUT2D eigenvalue weighted by Gasteiger charge is -2.15. The number of nitro groups is 1. The topological polar surface area (TPSA) is 264 Å². The van der Waals surface area contributed by atoms with E-state index in [9.17, 15) is 46.6 Å². The number of halogens is 7. The van der Waals surface area contributed by atoms with Crippen molar-refractivity contribution < 1.29 is 51.7 Å². The maximum atomic E-state index is 14.2. The molecule has 2 atom stereocenters. The number of carbonyl (C=O) groups is 2. The van der Waals surface area contributed by atoms with Crippen LogP contribution in [0.1, 0.15) is 24.8 Å². The van der Waals surface area contributed by atoms with E-state index in [0.717, 1.165) is 52.9 Å². The summed E-state index contributed by atoms with van der Waals surface area (Å²) in [7, 11) is -3.10. The fourth-order valence-corrected chi connectivity index (χ4v) is 7.76. The van der Waals surface area contributed by atoms with E-state index >= 15 is 0 Å². The third-order valence-corrected chi connectivity index (χ3v) is 11.2. The lowest BCUT2D eigenvalue weighted by molar-refractivity contribution is -0.383. The Kier molecular flexibility index (Phi) is 16.1. The highest BCUT2D eigenvalue weighted by Crippen LogP contribution is 2.39. The Bertz CT molecular complexity index is 2270. The predicted octanol–water partition coefficient (Wildman–Crippen LogP) is 6.08. The summed E-state index contributed by atoms with van der Waals surface area (Å²) in [6, 6.07) is 2.76. The minimum absolute atomic E-state index is 0.0370. The number of nitrogen functional groups attached to an aromatic ring is 1. The highest BCUT2D eigenvalue weighted by molar-refractivity contribution is 8.00. The van der Waals surface area contributed by atoms with Crippen LogP contribution < -0.4 is 21.1 Å². The quantitative estimate of drug-likeness (QED) is 0.0397. The first-order valence-electron chi connectivity index (χ1n) is 15.4. The fourth-order valence-electron chi connectivity index (χ4n) is 4.48. The molecule has 0 amide bonds. The molecule has 0 radical (unpaired) electrons. The Hall–Kier alpha value is -3.96. The van der Waals surface area contributed by atoms with Crippen molar-refractivity contribution in [2.75, 3.05) is 24.3 Å². The van der Waals surface area contributed by atoms with E-state index < -0.39 is 59.3 Å². The van der Waals surface area contributed by atoms with Crippen LogP contribution in [-0.2, 0) is 33.4 Å². The molecule has 7 N–H and O–H groups in total. The largest absolute Gasteiger partial charge is 0.481 e. The number of nitrogens with zero attached hydrogens (tertiary/aromatic N) is 6. The SMILES string of the molecule is CP(=O)(O)CCC(N)C(=O)O.Nc1c([N+](=O)[O-])cnn1-c1c(Cl)cc(C(F)(F)F)cc1Cl.O=C(O)CSc1cc(N=c2sc(=O)n3n2CCCC3)c(F)cc1Cl. The van der Waals surface area contributed by atoms with Crippen LogP contribution in [0.2, 0.25) is 15.1 Å². The first-order valence-corrected chi connectivity index (χ1v) is 20.6. The zero-order valence-electron chi connectivity index (χ0n) is 28.5. The zero-order chi connectivity index (χ0) is 42.3. The van der Waals surface area contributed by atoms with Gasteiger partial charge in [0.2, 0.25) is 10.6 Å². The molecule has 4 aromatic rings. The molecule has 0 saturated heterocycles. The molecule has 3 heterocycles. The second kappa shape index (κ2) is 19.5. The number of benzene rings is 2. The first kappa shape index (κ1) is 46.4. The standard InChI is InChI=1S/C14H13ClFN3O3S2.C10H5Cl2F3N4O2.C5H12NO4P/c15-8-5-9(16)10(6-11(8)23-7-12(20)21)17-13-18-3-1-2-4-19(18)14(22)24-13;11-5-1-4(10(13,14)15)2-6(12)8(5)18-9(16)7(3-17-18)19(20)21;1-11(9,10)3-2-4(6)5(7)8/h5-6H,1-4,7H2,(H,20,21);1-3H,16H2;4H,2-3,6H2,1H3,(H,7,8)(H,9,10). The van der Waals surface area contributed by atoms with Gasteiger partial charge in [0, 0.05) is 30.8 Å². The minimum atomic E-state index is -4.63. The number of aliphatic carboxylic acids is 2. The van der Waals surface area contributed by atoms with Gasteiger partial charge in [0.15, 0.2) is 7.37 Å². The number of carboxylic acid groups (broad SMARTS) is 2. The van der Waals surface area contributed by atoms with Crippen LogP contribution in [0.4, 0.5) is 34.8 Å². The Morgan fingerprint density at radius 2 is 1.71 bits per heavy atom. The van der Waals surface area contributed by atoms with E-state index in [1.54, 1.807) is 9.36 Å². The number of anilines is 1. The van der Waals surface area contributed by atoms with Crippen molar-refractivity contribution >= 4 is 94.4 Å². The fraction of sp³-hybridized carbons (Fsp3) is 0.345. The minimum Gasteiger partial charge on any atom is -0.481 e. The van der Waals surface area contributed by atoms with Crippen LogP contribution >= 0.6 is 65.3 Å². The summed E-state index contributed by atoms with van der Waals surface area (Å²) in [5, 5.41) is 30.7. The summed E-state index contributed by atoms with van der Waals surface area (Å²) in [4.78, 5) is 56.4. The van der Waals surface area contributed by atoms with E-state index in [1.807, 2.05) is 0 Å². The number of rotatable bonds is 10. The Labute approximate surface area is 335 Å². The molecule has 17 nitrogen and oxygen atoms in total. The second-order valence-corrected chi connectivity index (χ2v) is 17.2. The van der Waals surface area contributed by atoms with E-state index in [2.05, 4.69) is 10.1 Å². The summed E-state index contributed by atoms with van der Waals surface area (Å²) < 4.78 is 66.8. The van der Waals surface area contributed by atoms with Crippen molar-refractivity contribution in [3.8, 4) is 5.69 Å². The van der Waals surface area contributed by atoms with E-state index in [-0.39, 0.29) is 49.7 Å². The summed E-state index contributed by atoms with van der Waals surface area (Å²) in [6.45, 7) is 2.47. The summed E-state index contributed by atoms with van der Waals surface area (Å²) in [5.74, 6) is -3.33. The van der Waals surface area contributed by atoms with Gasteiger partial charge in [-0.25, -0.2) is 18.7 Å². The van der Waals surface area contributed by atoms with Crippen molar-refractivity contribution in [2.45, 2.75) is 49.5 Å². The summed E-state index contributed by atoms with van der Waals surface area (Å²) >= 11 is 19.4. The van der Waals surface area contributed by atoms with Crippen LogP contribution in [0.3, 0.4) is 0 Å². The van der Waals surface area contributed by atoms with Crippen LogP contribution in [0, 0.1) is 15.9 Å². The molecule has 56 heavy (non-hydrogen) atoms. The highest BCUT2D eigenvalue weighted by atomic mass is 35.5. The van der Waals surface area contributed by atoms with Gasteiger partial charge in [-0.15, -0.1) is 11.8 Å². The van der Waals surface area contributed by atoms with Crippen LogP contribution in [-0.4, -0.2) is 75.7 Å². The zero-order valence-corrected chi connectivity index (χ0v) is 33.2. The smallest absolute Gasteiger partial charge is 0.416 e. The van der Waals surface area contributed by atoms with Crippen LogP contribution in [0.25, 0.3) is 5.69 Å². The average Bonchev–Trinajstić information content (AvgIpc) is 3.62. The molecule has 27 heteroatoms. The van der Waals surface area contributed by atoms with E-state index in [0.29, 0.717) is 34.9 Å². The lowest BCUT2D eigenvalue weighted by Crippen LogP contribution is -2.31. The van der Waals surface area contributed by atoms with Gasteiger partial charge < -0.3 is 26.6 Å². The van der Waals surface area contributed by atoms with Crippen molar-refractivity contribution in [1.29, 1.82) is 0 Å². The monoisotopic (exact) mass is 910 g/mol. The number of hydrogen-bond donors (Lipinski definition) is 5. The maximum absolute atomic E-state index is 14.2. The van der Waals surface area contributed by atoms with Gasteiger partial charge in [-0.1, -0.05) is 34.8 Å². The molecule has 5 rings (SSSR count). The second-order valence-electron chi connectivity index (χ2n) is 11.5. The van der Waals surface area contributed by atoms with Gasteiger partial charge in [0.25, 0.3) is 0 Å². The van der Waals surface area contributed by atoms with E-state index in [1.165, 1.54) is 12.7 Å². The number of carboxylic acids is 2. The van der Waals surface area contributed by atoms with Gasteiger partial charge in [-0.3, -0.25) is 33.7 Å². The summed E-state index contributed by atoms with van der Waals surface area (Å²) in [6.07, 6.45) is -1.92. The molecular weight excluding hydrogens is 882 g/mol. The van der Waals surface area contributed by atoms with Gasteiger partial charge in [-0.2, -0.15) is 18.3 Å². The maximum Gasteiger partial charge on any atom is 0.416 e. The Balaban J connectivity index is 0.000000241. The molecule has 2 aromatic heterocycles. The predicted molar refractivity (Wildman–Crippen MR) is 201 cm³/mol. The van der Waals surface area contributed by atoms with Crippen LogP contribution in [0.15, 0.2) is 45.1 Å². The third-order valence-electron chi connectivity index (χ3n) is 7.17. The number of alkyl halides is 3. The molecule has 0 bridgehead atoms. The molecule has 2 aromatic carbocycles. The normalized spacial score (nSPS) is 14.4. The molecule has 0 fully saturated rings. The molecule has 1 aliphatic rings. The number of hydrogen-bond acceptors (Lipinski definition) is 12. The lowest BCUT2D eigenvalue weighted by atomic mass is 10.2. The number of aromatic nitrogens is 4. The Morgan fingerprint density at radius 1 is 1.12 bits per heavy atom.